The highest BCUT2D eigenvalue weighted by Gasteiger charge is 2.26. The van der Waals surface area contributed by atoms with E-state index in [1.54, 1.807) is 31.3 Å². The van der Waals surface area contributed by atoms with Crippen LogP contribution in [0.25, 0.3) is 11.2 Å². The van der Waals surface area contributed by atoms with E-state index in [1.165, 1.54) is 4.57 Å². The molecule has 2 N–H and O–H groups in total. The molecule has 0 spiro atoms. The number of hydrogen-bond donors (Lipinski definition) is 1. The van der Waals surface area contributed by atoms with Crippen molar-refractivity contribution < 1.29 is 4.79 Å². The lowest BCUT2D eigenvalue weighted by molar-refractivity contribution is 0.0969. The minimum Gasteiger partial charge on any atom is -0.341 e. The Balaban J connectivity index is 1.88. The Hall–Kier alpha value is -3.46. The summed E-state index contributed by atoms with van der Waals surface area (Å²) in [4.78, 5) is 46.0. The molecule has 2 aromatic heterocycles. The number of piperidine rings is 1. The van der Waals surface area contributed by atoms with Crippen molar-refractivity contribution in [3.8, 4) is 0 Å². The number of fused-ring (bicyclic) bond motifs is 1. The van der Waals surface area contributed by atoms with Gasteiger partial charge in [-0.2, -0.15) is 4.98 Å². The summed E-state index contributed by atoms with van der Waals surface area (Å²) in [5.74, 6) is 0.318. The summed E-state index contributed by atoms with van der Waals surface area (Å²) < 4.78 is 4.16. The van der Waals surface area contributed by atoms with Crippen molar-refractivity contribution in [1.82, 2.24) is 18.7 Å². The van der Waals surface area contributed by atoms with Gasteiger partial charge in [-0.1, -0.05) is 42.5 Å². The van der Waals surface area contributed by atoms with Gasteiger partial charge in [0.25, 0.3) is 5.56 Å². The van der Waals surface area contributed by atoms with E-state index in [-0.39, 0.29) is 18.4 Å². The van der Waals surface area contributed by atoms with E-state index in [1.807, 2.05) is 29.7 Å². The van der Waals surface area contributed by atoms with Crippen LogP contribution in [0.2, 0.25) is 0 Å². The summed E-state index contributed by atoms with van der Waals surface area (Å²) >= 11 is 0. The van der Waals surface area contributed by atoms with Crippen LogP contribution in [-0.4, -0.2) is 43.6 Å². The maximum atomic E-state index is 13.5. The third-order valence-electron chi connectivity index (χ3n) is 5.87. The Labute approximate surface area is 185 Å². The Morgan fingerprint density at radius 1 is 1.22 bits per heavy atom. The second-order valence-electron chi connectivity index (χ2n) is 8.13. The van der Waals surface area contributed by atoms with Crippen LogP contribution in [0.3, 0.4) is 0 Å². The first-order chi connectivity index (χ1) is 15.4. The minimum atomic E-state index is -0.565. The quantitative estimate of drug-likeness (QED) is 0.461. The molecule has 1 aliphatic heterocycles. The molecule has 0 saturated carbocycles. The number of anilines is 1. The Bertz CT molecular complexity index is 1290. The zero-order valence-electron chi connectivity index (χ0n) is 18.4. The molecule has 1 fully saturated rings. The van der Waals surface area contributed by atoms with Crippen LogP contribution in [0.5, 0.6) is 0 Å². The first-order valence-electron chi connectivity index (χ1n) is 10.8. The van der Waals surface area contributed by atoms with Gasteiger partial charge in [0.15, 0.2) is 16.9 Å². The summed E-state index contributed by atoms with van der Waals surface area (Å²) in [6, 6.07) is 8.68. The molecule has 4 rings (SSSR count). The lowest BCUT2D eigenvalue weighted by Gasteiger charge is -2.31. The maximum absolute atomic E-state index is 13.5. The second kappa shape index (κ2) is 8.96. The first kappa shape index (κ1) is 21.8. The van der Waals surface area contributed by atoms with Crippen LogP contribution >= 0.6 is 0 Å². The molecule has 0 amide bonds. The van der Waals surface area contributed by atoms with E-state index in [2.05, 4.69) is 9.88 Å². The van der Waals surface area contributed by atoms with Gasteiger partial charge in [-0.3, -0.25) is 18.7 Å². The van der Waals surface area contributed by atoms with E-state index in [0.717, 1.165) is 24.0 Å². The summed E-state index contributed by atoms with van der Waals surface area (Å²) in [7, 11) is 1.58. The predicted molar refractivity (Wildman–Crippen MR) is 124 cm³/mol. The fraction of sp³-hybridized carbons (Fsp3) is 0.391. The Morgan fingerprint density at radius 3 is 2.66 bits per heavy atom. The zero-order valence-corrected chi connectivity index (χ0v) is 18.4. The number of imidazole rings is 1. The Kier molecular flexibility index (Phi) is 6.09. The van der Waals surface area contributed by atoms with Gasteiger partial charge in [-0.05, 0) is 19.8 Å². The zero-order chi connectivity index (χ0) is 22.8. The van der Waals surface area contributed by atoms with Gasteiger partial charge >= 0.3 is 5.69 Å². The van der Waals surface area contributed by atoms with Crippen molar-refractivity contribution >= 4 is 22.9 Å². The molecule has 1 aliphatic rings. The van der Waals surface area contributed by atoms with Gasteiger partial charge in [0, 0.05) is 38.3 Å². The van der Waals surface area contributed by atoms with Crippen molar-refractivity contribution in [3.63, 3.8) is 0 Å². The summed E-state index contributed by atoms with van der Waals surface area (Å²) in [6.45, 7) is 3.41. The number of nitrogens with two attached hydrogens (primary N) is 1. The average Bonchev–Trinajstić information content (AvgIpc) is 3.19. The number of hydrogen-bond acceptors (Lipinski definition) is 6. The lowest BCUT2D eigenvalue weighted by Crippen LogP contribution is -2.44. The van der Waals surface area contributed by atoms with Crippen LogP contribution in [0.1, 0.15) is 30.1 Å². The molecule has 3 heterocycles. The molecule has 9 heteroatoms. The summed E-state index contributed by atoms with van der Waals surface area (Å²) in [5, 5.41) is 0. The number of rotatable bonds is 6. The van der Waals surface area contributed by atoms with Crippen molar-refractivity contribution in [2.75, 3.05) is 18.0 Å². The number of carbonyl (C=O) groups is 1. The third-order valence-corrected chi connectivity index (χ3v) is 5.87. The number of allylic oxidation sites excluding steroid dienone is 2. The van der Waals surface area contributed by atoms with E-state index in [9.17, 15) is 14.4 Å². The van der Waals surface area contributed by atoms with Crippen LogP contribution in [0.4, 0.5) is 5.95 Å². The third kappa shape index (κ3) is 3.91. The number of carbonyl (C=O) groups excluding carboxylic acids is 1. The molecule has 0 unspecified atom stereocenters. The van der Waals surface area contributed by atoms with Crippen molar-refractivity contribution in [3.05, 3.63) is 68.9 Å². The second-order valence-corrected chi connectivity index (χ2v) is 8.13. The number of ketones is 1. The van der Waals surface area contributed by atoms with Crippen LogP contribution in [0, 0.1) is 0 Å². The van der Waals surface area contributed by atoms with Crippen molar-refractivity contribution in [2.45, 2.75) is 38.9 Å². The number of aromatic nitrogens is 4. The molecule has 3 aromatic rings. The number of Topliss-reactive ketones (excluding diaryl/α,β-unsaturated/α-hetero) is 1. The molecule has 0 aliphatic carbocycles. The summed E-state index contributed by atoms with van der Waals surface area (Å²) in [6.07, 6.45) is 5.71. The topological polar surface area (TPSA) is 108 Å². The standard InChI is InChI=1S/C23H28N6O3/c1-3-4-13-28-19-20(25-22(28)27-12-8-11-17(24)14-27)26(2)23(32)29(21(19)31)15-18(30)16-9-6-5-7-10-16/h3-7,9-10,17H,8,11-15,24H2,1-2H3/b4-3+/t17-/m0/s1. The normalized spacial score (nSPS) is 16.8. The van der Waals surface area contributed by atoms with Gasteiger partial charge in [0.05, 0.1) is 6.54 Å². The number of benzene rings is 1. The molecule has 1 atom stereocenters. The molecule has 32 heavy (non-hydrogen) atoms. The van der Waals surface area contributed by atoms with Crippen molar-refractivity contribution in [2.24, 2.45) is 12.8 Å². The van der Waals surface area contributed by atoms with E-state index in [0.29, 0.717) is 35.8 Å². The molecule has 168 valence electrons. The number of nitrogens with zero attached hydrogens (tertiary/aromatic N) is 5. The fourth-order valence-electron chi connectivity index (χ4n) is 4.18. The highest BCUT2D eigenvalue weighted by Crippen LogP contribution is 2.23. The summed E-state index contributed by atoms with van der Waals surface area (Å²) in [5.41, 5.74) is 6.16. The first-order valence-corrected chi connectivity index (χ1v) is 10.8. The van der Waals surface area contributed by atoms with Crippen LogP contribution < -0.4 is 21.9 Å². The Morgan fingerprint density at radius 2 is 1.97 bits per heavy atom. The van der Waals surface area contributed by atoms with E-state index >= 15 is 0 Å². The van der Waals surface area contributed by atoms with E-state index < -0.39 is 11.2 Å². The molecular formula is C23H28N6O3. The average molecular weight is 437 g/mol. The lowest BCUT2D eigenvalue weighted by atomic mass is 10.1. The maximum Gasteiger partial charge on any atom is 0.332 e. The van der Waals surface area contributed by atoms with Crippen molar-refractivity contribution in [1.29, 1.82) is 0 Å². The monoisotopic (exact) mass is 436 g/mol. The van der Waals surface area contributed by atoms with Crippen LogP contribution in [-0.2, 0) is 20.1 Å². The molecule has 1 aromatic carbocycles. The highest BCUT2D eigenvalue weighted by atomic mass is 16.2. The molecule has 9 nitrogen and oxygen atoms in total. The van der Waals surface area contributed by atoms with Gasteiger partial charge in [-0.15, -0.1) is 0 Å². The molecule has 0 bridgehead atoms. The SMILES string of the molecule is C/C=C/Cn1c(N2CCC[C@H](N)C2)nc2c1c(=O)n(CC(=O)c1ccccc1)c(=O)n2C. The van der Waals surface area contributed by atoms with E-state index in [4.69, 9.17) is 5.73 Å². The van der Waals surface area contributed by atoms with Gasteiger partial charge in [0.1, 0.15) is 0 Å². The number of aryl methyl sites for hydroxylation is 1. The largest absolute Gasteiger partial charge is 0.341 e. The van der Waals surface area contributed by atoms with Gasteiger partial charge < -0.3 is 15.2 Å². The van der Waals surface area contributed by atoms with Crippen LogP contribution in [0.15, 0.2) is 52.1 Å². The predicted octanol–water partition coefficient (Wildman–Crippen LogP) is 1.28. The smallest absolute Gasteiger partial charge is 0.332 e. The molecular weight excluding hydrogens is 408 g/mol. The van der Waals surface area contributed by atoms with Gasteiger partial charge in [-0.25, -0.2) is 4.79 Å². The fourth-order valence-corrected chi connectivity index (χ4v) is 4.18. The molecule has 1 saturated heterocycles. The highest BCUT2D eigenvalue weighted by molar-refractivity contribution is 5.95. The molecule has 0 radical (unpaired) electrons. The van der Waals surface area contributed by atoms with Gasteiger partial charge in [0.2, 0.25) is 5.95 Å². The minimum absolute atomic E-state index is 0.0303.